The van der Waals surface area contributed by atoms with Crippen LogP contribution in [0.25, 0.3) is 0 Å². The van der Waals surface area contributed by atoms with Crippen molar-refractivity contribution in [1.82, 2.24) is 0 Å². The second-order valence-electron chi connectivity index (χ2n) is 3.33. The molecule has 1 aromatic rings. The summed E-state index contributed by atoms with van der Waals surface area (Å²) in [5.74, 6) is -0.131. The highest BCUT2D eigenvalue weighted by molar-refractivity contribution is 9.10. The van der Waals surface area contributed by atoms with Crippen LogP contribution in [0.2, 0.25) is 0 Å². The Morgan fingerprint density at radius 1 is 1.60 bits per heavy atom. The monoisotopic (exact) mass is 265 g/mol. The molecule has 0 aliphatic carbocycles. The third kappa shape index (κ3) is 1.62. The summed E-state index contributed by atoms with van der Waals surface area (Å²) >= 11 is 3.27. The first-order chi connectivity index (χ1) is 7.13. The van der Waals surface area contributed by atoms with E-state index >= 15 is 0 Å². The number of nitrogens with zero attached hydrogens (tertiary/aromatic N) is 2. The molecule has 0 spiro atoms. The number of hydrogen-bond donors (Lipinski definition) is 1. The molecule has 0 aromatic heterocycles. The first-order valence-electron chi connectivity index (χ1n) is 4.40. The Bertz CT molecular complexity index is 466. The van der Waals surface area contributed by atoms with E-state index in [2.05, 4.69) is 22.0 Å². The molecule has 0 saturated carbocycles. The molecule has 1 heterocycles. The summed E-state index contributed by atoms with van der Waals surface area (Å²) in [7, 11) is 0. The number of amides is 1. The Kier molecular flexibility index (Phi) is 2.47. The number of benzene rings is 1. The van der Waals surface area contributed by atoms with Crippen molar-refractivity contribution in [1.29, 1.82) is 5.26 Å². The van der Waals surface area contributed by atoms with Gasteiger partial charge in [-0.05, 0) is 18.2 Å². The highest BCUT2D eigenvalue weighted by atomic mass is 79.9. The third-order valence-corrected chi connectivity index (χ3v) is 2.83. The maximum Gasteiger partial charge on any atom is 0.245 e. The normalized spacial score (nSPS) is 19.7. The van der Waals surface area contributed by atoms with Gasteiger partial charge in [-0.2, -0.15) is 5.26 Å². The predicted octanol–water partition coefficient (Wildman–Crippen LogP) is 0.995. The first-order valence-corrected chi connectivity index (χ1v) is 5.19. The second-order valence-corrected chi connectivity index (χ2v) is 4.24. The lowest BCUT2D eigenvalue weighted by atomic mass is 10.0. The topological polar surface area (TPSA) is 70.1 Å². The van der Waals surface area contributed by atoms with E-state index in [1.807, 2.05) is 0 Å². The van der Waals surface area contributed by atoms with Crippen molar-refractivity contribution >= 4 is 27.5 Å². The van der Waals surface area contributed by atoms with E-state index in [-0.39, 0.29) is 5.91 Å². The van der Waals surface area contributed by atoms with Crippen molar-refractivity contribution in [3.8, 4) is 6.07 Å². The van der Waals surface area contributed by atoms with Gasteiger partial charge in [-0.1, -0.05) is 15.9 Å². The van der Waals surface area contributed by atoms with Crippen molar-refractivity contribution in [2.75, 3.05) is 11.4 Å². The van der Waals surface area contributed by atoms with Crippen LogP contribution in [0.3, 0.4) is 0 Å². The molecule has 4 nitrogen and oxygen atoms in total. The van der Waals surface area contributed by atoms with E-state index in [9.17, 15) is 4.79 Å². The largest absolute Gasteiger partial charge is 0.318 e. The van der Waals surface area contributed by atoms with Gasteiger partial charge in [0.15, 0.2) is 0 Å². The van der Waals surface area contributed by atoms with E-state index < -0.39 is 6.04 Å². The predicted molar refractivity (Wildman–Crippen MR) is 59.2 cm³/mol. The van der Waals surface area contributed by atoms with Gasteiger partial charge in [0.2, 0.25) is 5.91 Å². The fourth-order valence-corrected chi connectivity index (χ4v) is 1.86. The lowest BCUT2D eigenvalue weighted by molar-refractivity contribution is -0.123. The van der Waals surface area contributed by atoms with Gasteiger partial charge in [0, 0.05) is 4.47 Å². The number of carbonyl (C=O) groups is 1. The summed E-state index contributed by atoms with van der Waals surface area (Å²) in [5.41, 5.74) is 6.60. The minimum atomic E-state index is -0.416. The van der Waals surface area contributed by atoms with Crippen LogP contribution in [-0.2, 0) is 4.79 Å². The average molecular weight is 266 g/mol. The van der Waals surface area contributed by atoms with Crippen LogP contribution in [0.4, 0.5) is 5.69 Å². The SMILES string of the molecule is N#Cc1cc(Br)ccc1N1CC(N)C1=O. The van der Waals surface area contributed by atoms with Gasteiger partial charge in [-0.3, -0.25) is 4.79 Å². The van der Waals surface area contributed by atoms with Crippen molar-refractivity contribution in [2.24, 2.45) is 5.73 Å². The van der Waals surface area contributed by atoms with Gasteiger partial charge in [-0.15, -0.1) is 0 Å². The van der Waals surface area contributed by atoms with E-state index in [0.717, 1.165) is 4.47 Å². The summed E-state index contributed by atoms with van der Waals surface area (Å²) in [6.45, 7) is 0.481. The molecule has 5 heteroatoms. The minimum Gasteiger partial charge on any atom is -0.318 e. The molecular weight excluding hydrogens is 258 g/mol. The van der Waals surface area contributed by atoms with Gasteiger partial charge in [-0.25, -0.2) is 0 Å². The summed E-state index contributed by atoms with van der Waals surface area (Å²) in [6, 6.07) is 6.87. The summed E-state index contributed by atoms with van der Waals surface area (Å²) < 4.78 is 0.820. The zero-order chi connectivity index (χ0) is 11.0. The highest BCUT2D eigenvalue weighted by Gasteiger charge is 2.35. The molecule has 1 unspecified atom stereocenters. The Morgan fingerprint density at radius 3 is 2.87 bits per heavy atom. The number of hydrogen-bond acceptors (Lipinski definition) is 3. The summed E-state index contributed by atoms with van der Waals surface area (Å²) in [4.78, 5) is 12.9. The fraction of sp³-hybridized carbons (Fsp3) is 0.200. The van der Waals surface area contributed by atoms with Crippen molar-refractivity contribution in [3.05, 3.63) is 28.2 Å². The molecule has 2 rings (SSSR count). The molecule has 1 fully saturated rings. The van der Waals surface area contributed by atoms with Gasteiger partial charge in [0.25, 0.3) is 0 Å². The molecule has 1 saturated heterocycles. The Balaban J connectivity index is 2.38. The molecule has 1 aliphatic heterocycles. The molecule has 76 valence electrons. The number of halogens is 1. The van der Waals surface area contributed by atoms with Crippen LogP contribution in [0.1, 0.15) is 5.56 Å². The van der Waals surface area contributed by atoms with E-state index in [0.29, 0.717) is 17.8 Å². The van der Waals surface area contributed by atoms with Crippen molar-refractivity contribution < 1.29 is 4.79 Å². The van der Waals surface area contributed by atoms with E-state index in [1.54, 1.807) is 18.2 Å². The molecule has 1 atom stereocenters. The molecule has 1 amide bonds. The standard InChI is InChI=1S/C10H8BrN3O/c11-7-1-2-9(6(3-7)4-12)14-5-8(13)10(14)15/h1-3,8H,5,13H2. The molecule has 0 bridgehead atoms. The minimum absolute atomic E-state index is 0.131. The lowest BCUT2D eigenvalue weighted by Crippen LogP contribution is -2.61. The fourth-order valence-electron chi connectivity index (χ4n) is 1.50. The summed E-state index contributed by atoms with van der Waals surface area (Å²) in [5, 5.41) is 8.92. The van der Waals surface area contributed by atoms with Gasteiger partial charge < -0.3 is 10.6 Å². The maximum atomic E-state index is 11.4. The smallest absolute Gasteiger partial charge is 0.245 e. The van der Waals surface area contributed by atoms with Gasteiger partial charge >= 0.3 is 0 Å². The second kappa shape index (κ2) is 3.65. The van der Waals surface area contributed by atoms with Crippen LogP contribution >= 0.6 is 15.9 Å². The van der Waals surface area contributed by atoms with Crippen LogP contribution in [0.15, 0.2) is 22.7 Å². The molecule has 1 aliphatic rings. The van der Waals surface area contributed by atoms with Crippen molar-refractivity contribution in [2.45, 2.75) is 6.04 Å². The zero-order valence-electron chi connectivity index (χ0n) is 7.77. The molecule has 15 heavy (non-hydrogen) atoms. The van der Waals surface area contributed by atoms with E-state index in [4.69, 9.17) is 11.0 Å². The first kappa shape index (κ1) is 10.1. The van der Waals surface area contributed by atoms with E-state index in [1.165, 1.54) is 4.90 Å². The number of anilines is 1. The maximum absolute atomic E-state index is 11.4. The summed E-state index contributed by atoms with van der Waals surface area (Å²) in [6.07, 6.45) is 0. The lowest BCUT2D eigenvalue weighted by Gasteiger charge is -2.36. The van der Waals surface area contributed by atoms with Gasteiger partial charge in [0.05, 0.1) is 17.8 Å². The van der Waals surface area contributed by atoms with Gasteiger partial charge in [0.1, 0.15) is 12.1 Å². The molecule has 2 N–H and O–H groups in total. The third-order valence-electron chi connectivity index (χ3n) is 2.33. The number of nitriles is 1. The van der Waals surface area contributed by atoms with Crippen LogP contribution in [0.5, 0.6) is 0 Å². The quantitative estimate of drug-likeness (QED) is 0.771. The van der Waals surface area contributed by atoms with Crippen LogP contribution in [-0.4, -0.2) is 18.5 Å². The van der Waals surface area contributed by atoms with Crippen molar-refractivity contribution in [3.63, 3.8) is 0 Å². The zero-order valence-corrected chi connectivity index (χ0v) is 9.36. The molecular formula is C10H8BrN3O. The number of rotatable bonds is 1. The Hall–Kier alpha value is -1.38. The Morgan fingerprint density at radius 2 is 2.33 bits per heavy atom. The number of carbonyl (C=O) groups excluding carboxylic acids is 1. The number of β-lactam (4-membered cyclic amide) rings is 1. The highest BCUT2D eigenvalue weighted by Crippen LogP contribution is 2.27. The Labute approximate surface area is 95.4 Å². The van der Waals surface area contributed by atoms with Crippen LogP contribution < -0.4 is 10.6 Å². The van der Waals surface area contributed by atoms with Crippen LogP contribution in [0, 0.1) is 11.3 Å². The number of nitrogens with two attached hydrogens (primary N) is 1. The average Bonchev–Trinajstić information content (AvgIpc) is 2.25. The molecule has 0 radical (unpaired) electrons. The molecule has 1 aromatic carbocycles.